The second-order valence-electron chi connectivity index (χ2n) is 3.99. The molecule has 0 aliphatic rings. The number of urea groups is 1. The number of imide groups is 1. The first-order valence-electron chi connectivity index (χ1n) is 6.43. The summed E-state index contributed by atoms with van der Waals surface area (Å²) in [5.74, 6) is -1.41. The fourth-order valence-electron chi connectivity index (χ4n) is 1.49. The molecular weight excluding hydrogens is 276 g/mol. The molecule has 1 aromatic rings. The van der Waals surface area contributed by atoms with Crippen LogP contribution in [0.15, 0.2) is 30.3 Å². The Labute approximate surface area is 122 Å². The molecule has 1 aromatic carbocycles. The molecule has 0 aliphatic carbocycles. The molecule has 1 atom stereocenters. The van der Waals surface area contributed by atoms with Crippen molar-refractivity contribution in [3.8, 4) is 0 Å². The lowest BCUT2D eigenvalue weighted by Gasteiger charge is -2.17. The highest BCUT2D eigenvalue weighted by Gasteiger charge is 2.26. The fraction of sp³-hybridized carbons (Fsp3) is 0.357. The van der Waals surface area contributed by atoms with E-state index in [4.69, 9.17) is 9.47 Å². The van der Waals surface area contributed by atoms with Gasteiger partial charge < -0.3 is 14.8 Å². The third kappa shape index (κ3) is 5.62. The molecule has 3 amide bonds. The highest BCUT2D eigenvalue weighted by molar-refractivity contribution is 5.97. The van der Waals surface area contributed by atoms with Crippen molar-refractivity contribution in [3.63, 3.8) is 0 Å². The predicted octanol–water partition coefficient (Wildman–Crippen LogP) is 0.763. The van der Waals surface area contributed by atoms with Gasteiger partial charge in [-0.3, -0.25) is 10.1 Å². The summed E-state index contributed by atoms with van der Waals surface area (Å²) in [7, 11) is 1.38. The lowest BCUT2D eigenvalue weighted by atomic mass is 10.1. The van der Waals surface area contributed by atoms with Crippen LogP contribution in [0, 0.1) is 0 Å². The second kappa shape index (κ2) is 8.70. The zero-order valence-electron chi connectivity index (χ0n) is 11.9. The van der Waals surface area contributed by atoms with Gasteiger partial charge in [0.05, 0.1) is 0 Å². The van der Waals surface area contributed by atoms with Crippen LogP contribution in [0.4, 0.5) is 4.79 Å². The van der Waals surface area contributed by atoms with Crippen molar-refractivity contribution < 1.29 is 23.9 Å². The molecule has 0 fully saturated rings. The average molecular weight is 294 g/mol. The summed E-state index contributed by atoms with van der Waals surface area (Å²) >= 11 is 0. The van der Waals surface area contributed by atoms with E-state index in [1.807, 2.05) is 0 Å². The maximum Gasteiger partial charge on any atom is 0.333 e. The number of rotatable bonds is 6. The Hall–Kier alpha value is -2.41. The molecule has 0 saturated carbocycles. The molecule has 1 rings (SSSR count). The molecular formula is C14H18N2O5. The van der Waals surface area contributed by atoms with Crippen molar-refractivity contribution in [2.45, 2.75) is 13.0 Å². The smallest absolute Gasteiger partial charge is 0.333 e. The van der Waals surface area contributed by atoms with Gasteiger partial charge in [0.2, 0.25) is 6.10 Å². The lowest BCUT2D eigenvalue weighted by molar-refractivity contribution is -0.160. The Morgan fingerprint density at radius 1 is 1.19 bits per heavy atom. The van der Waals surface area contributed by atoms with E-state index in [9.17, 15) is 14.4 Å². The van der Waals surface area contributed by atoms with Crippen LogP contribution in [0.5, 0.6) is 0 Å². The van der Waals surface area contributed by atoms with E-state index in [0.29, 0.717) is 12.2 Å². The van der Waals surface area contributed by atoms with Crippen LogP contribution < -0.4 is 10.6 Å². The van der Waals surface area contributed by atoms with Crippen LogP contribution in [-0.2, 0) is 19.1 Å². The Balaban J connectivity index is 2.82. The van der Waals surface area contributed by atoms with Gasteiger partial charge in [0.25, 0.3) is 5.91 Å². The quantitative estimate of drug-likeness (QED) is 0.756. The minimum Gasteiger partial charge on any atom is -0.446 e. The van der Waals surface area contributed by atoms with Crippen molar-refractivity contribution in [2.24, 2.45) is 0 Å². The first-order valence-corrected chi connectivity index (χ1v) is 6.43. The molecule has 0 aliphatic heterocycles. The zero-order chi connectivity index (χ0) is 15.7. The number of ether oxygens (including phenoxy) is 2. The van der Waals surface area contributed by atoms with E-state index in [2.05, 4.69) is 10.6 Å². The standard InChI is InChI=1S/C14H18N2O5/c1-3-20-9-11(17)21-12(10-7-5-4-6-8-10)13(18)16-14(19)15-2/h4-8,12H,3,9H2,1-2H3,(H2,15,16,18,19)/t12-/m1/s1. The van der Waals surface area contributed by atoms with Gasteiger partial charge in [-0.05, 0) is 6.92 Å². The molecule has 0 unspecified atom stereocenters. The fourth-order valence-corrected chi connectivity index (χ4v) is 1.49. The number of hydrogen-bond acceptors (Lipinski definition) is 5. The monoisotopic (exact) mass is 294 g/mol. The van der Waals surface area contributed by atoms with Gasteiger partial charge in [-0.15, -0.1) is 0 Å². The van der Waals surface area contributed by atoms with Crippen molar-refractivity contribution in [1.29, 1.82) is 0 Å². The van der Waals surface area contributed by atoms with Gasteiger partial charge in [0.15, 0.2) is 0 Å². The molecule has 0 bridgehead atoms. The number of carbonyl (C=O) groups is 3. The third-order valence-electron chi connectivity index (χ3n) is 2.48. The topological polar surface area (TPSA) is 93.7 Å². The van der Waals surface area contributed by atoms with E-state index in [0.717, 1.165) is 0 Å². The zero-order valence-corrected chi connectivity index (χ0v) is 11.9. The van der Waals surface area contributed by atoms with Gasteiger partial charge in [0.1, 0.15) is 6.61 Å². The number of carbonyl (C=O) groups excluding carboxylic acids is 3. The Bertz CT molecular complexity index is 489. The summed E-state index contributed by atoms with van der Waals surface area (Å²) < 4.78 is 10.0. The molecule has 2 N–H and O–H groups in total. The normalized spacial score (nSPS) is 11.3. The molecule has 21 heavy (non-hydrogen) atoms. The van der Waals surface area contributed by atoms with Crippen molar-refractivity contribution >= 4 is 17.9 Å². The van der Waals surface area contributed by atoms with Gasteiger partial charge in [0, 0.05) is 19.2 Å². The minimum absolute atomic E-state index is 0.257. The maximum absolute atomic E-state index is 12.0. The molecule has 114 valence electrons. The first kappa shape index (κ1) is 16.6. The van der Waals surface area contributed by atoms with Crippen LogP contribution in [-0.4, -0.2) is 38.2 Å². The predicted molar refractivity (Wildman–Crippen MR) is 74.4 cm³/mol. The Morgan fingerprint density at radius 3 is 2.43 bits per heavy atom. The van der Waals surface area contributed by atoms with E-state index in [1.165, 1.54) is 7.05 Å². The molecule has 0 spiro atoms. The number of nitrogens with one attached hydrogen (secondary N) is 2. The largest absolute Gasteiger partial charge is 0.446 e. The third-order valence-corrected chi connectivity index (χ3v) is 2.48. The van der Waals surface area contributed by atoms with E-state index in [1.54, 1.807) is 37.3 Å². The van der Waals surface area contributed by atoms with Crippen LogP contribution in [0.25, 0.3) is 0 Å². The number of benzene rings is 1. The SMILES string of the molecule is CCOCC(=O)O[C@@H](C(=O)NC(=O)NC)c1ccccc1. The van der Waals surface area contributed by atoms with Crippen LogP contribution in [0.1, 0.15) is 18.6 Å². The van der Waals surface area contributed by atoms with Gasteiger partial charge >= 0.3 is 12.0 Å². The second-order valence-corrected chi connectivity index (χ2v) is 3.99. The van der Waals surface area contributed by atoms with Crippen LogP contribution in [0.3, 0.4) is 0 Å². The van der Waals surface area contributed by atoms with Gasteiger partial charge in [-0.1, -0.05) is 30.3 Å². The van der Waals surface area contributed by atoms with Crippen LogP contribution in [0.2, 0.25) is 0 Å². The average Bonchev–Trinajstić information content (AvgIpc) is 2.51. The number of esters is 1. The van der Waals surface area contributed by atoms with Gasteiger partial charge in [-0.2, -0.15) is 0 Å². The molecule has 0 heterocycles. The summed E-state index contributed by atoms with van der Waals surface area (Å²) in [4.78, 5) is 34.9. The molecule has 0 radical (unpaired) electrons. The summed E-state index contributed by atoms with van der Waals surface area (Å²) in [5, 5.41) is 4.34. The van der Waals surface area contributed by atoms with E-state index < -0.39 is 24.0 Å². The minimum atomic E-state index is -1.21. The molecule has 7 heteroatoms. The van der Waals surface area contributed by atoms with Crippen molar-refractivity contribution in [2.75, 3.05) is 20.3 Å². The number of hydrogen-bond donors (Lipinski definition) is 2. The molecule has 0 aromatic heterocycles. The summed E-state index contributed by atoms with van der Waals surface area (Å²) in [6.45, 7) is 1.84. The van der Waals surface area contributed by atoms with Crippen LogP contribution >= 0.6 is 0 Å². The lowest BCUT2D eigenvalue weighted by Crippen LogP contribution is -2.41. The number of amides is 3. The Morgan fingerprint density at radius 2 is 1.86 bits per heavy atom. The van der Waals surface area contributed by atoms with E-state index in [-0.39, 0.29) is 6.61 Å². The summed E-state index contributed by atoms with van der Waals surface area (Å²) in [6, 6.07) is 7.74. The summed E-state index contributed by atoms with van der Waals surface area (Å²) in [5.41, 5.74) is 0.462. The highest BCUT2D eigenvalue weighted by Crippen LogP contribution is 2.17. The highest BCUT2D eigenvalue weighted by atomic mass is 16.6. The maximum atomic E-state index is 12.0. The Kier molecular flexibility index (Phi) is 6.90. The van der Waals surface area contributed by atoms with Gasteiger partial charge in [-0.25, -0.2) is 9.59 Å². The van der Waals surface area contributed by atoms with Crippen molar-refractivity contribution in [3.05, 3.63) is 35.9 Å². The van der Waals surface area contributed by atoms with Crippen molar-refractivity contribution in [1.82, 2.24) is 10.6 Å². The molecule has 7 nitrogen and oxygen atoms in total. The van der Waals surface area contributed by atoms with E-state index >= 15 is 0 Å². The summed E-state index contributed by atoms with van der Waals surface area (Å²) in [6.07, 6.45) is -1.21. The molecule has 0 saturated heterocycles. The first-order chi connectivity index (χ1) is 10.1.